The lowest BCUT2D eigenvalue weighted by Gasteiger charge is -2.11. The smallest absolute Gasteiger partial charge is 0.360 e. The lowest BCUT2D eigenvalue weighted by atomic mass is 10.0. The highest BCUT2D eigenvalue weighted by Gasteiger charge is 2.24. The van der Waals surface area contributed by atoms with Gasteiger partial charge in [-0.25, -0.2) is 14.6 Å². The highest BCUT2D eigenvalue weighted by Crippen LogP contribution is 2.32. The molecule has 0 N–H and O–H groups in total. The van der Waals surface area contributed by atoms with E-state index in [1.807, 2.05) is 18.2 Å². The van der Waals surface area contributed by atoms with Crippen LogP contribution >= 0.6 is 0 Å². The van der Waals surface area contributed by atoms with Crippen molar-refractivity contribution in [3.8, 4) is 22.8 Å². The predicted octanol–water partition coefficient (Wildman–Crippen LogP) is 4.10. The zero-order valence-electron chi connectivity index (χ0n) is 14.8. The molecule has 7 heteroatoms. The molecule has 0 atom stereocenters. The SMILES string of the molecule is CCOC(=O)c1ncoc1-c1ccc(Oc2ccccc2)cc1C(=O)OC. The Morgan fingerprint density at radius 2 is 1.81 bits per heavy atom. The van der Waals surface area contributed by atoms with Gasteiger partial charge >= 0.3 is 11.9 Å². The van der Waals surface area contributed by atoms with Gasteiger partial charge in [-0.2, -0.15) is 0 Å². The van der Waals surface area contributed by atoms with Gasteiger partial charge < -0.3 is 18.6 Å². The van der Waals surface area contributed by atoms with Gasteiger partial charge in [-0.3, -0.25) is 0 Å². The second-order valence-electron chi connectivity index (χ2n) is 5.36. The van der Waals surface area contributed by atoms with Crippen molar-refractivity contribution in [3.05, 3.63) is 66.2 Å². The fraction of sp³-hybridized carbons (Fsp3) is 0.150. The molecule has 1 aromatic heterocycles. The maximum atomic E-state index is 12.3. The molecule has 0 spiro atoms. The maximum absolute atomic E-state index is 12.3. The summed E-state index contributed by atoms with van der Waals surface area (Å²) in [7, 11) is 1.27. The van der Waals surface area contributed by atoms with Crippen LogP contribution in [0.1, 0.15) is 27.8 Å². The van der Waals surface area contributed by atoms with Crippen LogP contribution < -0.4 is 4.74 Å². The van der Waals surface area contributed by atoms with Crippen LogP contribution in [0.2, 0.25) is 0 Å². The van der Waals surface area contributed by atoms with Gasteiger partial charge in [-0.15, -0.1) is 0 Å². The highest BCUT2D eigenvalue weighted by atomic mass is 16.5. The summed E-state index contributed by atoms with van der Waals surface area (Å²) in [6.07, 6.45) is 1.12. The number of aromatic nitrogens is 1. The van der Waals surface area contributed by atoms with E-state index < -0.39 is 11.9 Å². The van der Waals surface area contributed by atoms with Crippen molar-refractivity contribution in [2.24, 2.45) is 0 Å². The fourth-order valence-electron chi connectivity index (χ4n) is 2.47. The zero-order chi connectivity index (χ0) is 19.2. The number of hydrogen-bond acceptors (Lipinski definition) is 7. The number of hydrogen-bond donors (Lipinski definition) is 0. The molecule has 138 valence electrons. The Labute approximate surface area is 155 Å². The third-order valence-electron chi connectivity index (χ3n) is 3.66. The number of carbonyl (C=O) groups is 2. The topological polar surface area (TPSA) is 87.9 Å². The molecule has 0 saturated carbocycles. The molecule has 7 nitrogen and oxygen atoms in total. The molecule has 0 unspecified atom stereocenters. The quantitative estimate of drug-likeness (QED) is 0.606. The Hall–Kier alpha value is -3.61. The van der Waals surface area contributed by atoms with Gasteiger partial charge in [0.25, 0.3) is 0 Å². The van der Waals surface area contributed by atoms with Crippen LogP contribution in [0.3, 0.4) is 0 Å². The first-order valence-corrected chi connectivity index (χ1v) is 8.20. The summed E-state index contributed by atoms with van der Waals surface area (Å²) in [5.41, 5.74) is 0.509. The number of para-hydroxylation sites is 1. The monoisotopic (exact) mass is 367 g/mol. The molecule has 0 bridgehead atoms. The Morgan fingerprint density at radius 1 is 1.04 bits per heavy atom. The van der Waals surface area contributed by atoms with E-state index in [1.54, 1.807) is 31.2 Å². The molecule has 0 aliphatic carbocycles. The molecular weight excluding hydrogens is 350 g/mol. The van der Waals surface area contributed by atoms with Gasteiger partial charge in [0.2, 0.25) is 0 Å². The molecule has 3 aromatic rings. The summed E-state index contributed by atoms with van der Waals surface area (Å²) in [5, 5.41) is 0. The first-order valence-electron chi connectivity index (χ1n) is 8.20. The first kappa shape index (κ1) is 18.2. The molecule has 0 radical (unpaired) electrons. The first-order chi connectivity index (χ1) is 13.1. The molecule has 2 aromatic carbocycles. The molecule has 27 heavy (non-hydrogen) atoms. The van der Waals surface area contributed by atoms with Crippen molar-refractivity contribution in [2.45, 2.75) is 6.92 Å². The lowest BCUT2D eigenvalue weighted by Crippen LogP contribution is -2.08. The van der Waals surface area contributed by atoms with Crippen molar-refractivity contribution in [2.75, 3.05) is 13.7 Å². The van der Waals surface area contributed by atoms with Gasteiger partial charge in [-0.1, -0.05) is 18.2 Å². The number of ether oxygens (including phenoxy) is 3. The molecule has 1 heterocycles. The van der Waals surface area contributed by atoms with Crippen molar-refractivity contribution in [1.82, 2.24) is 4.98 Å². The molecule has 3 rings (SSSR count). The Bertz CT molecular complexity index is 948. The zero-order valence-corrected chi connectivity index (χ0v) is 14.8. The number of oxazole rings is 1. The Morgan fingerprint density at radius 3 is 2.52 bits per heavy atom. The van der Waals surface area contributed by atoms with Crippen LogP contribution in [0.15, 0.2) is 59.3 Å². The van der Waals surface area contributed by atoms with Crippen molar-refractivity contribution in [3.63, 3.8) is 0 Å². The summed E-state index contributed by atoms with van der Waals surface area (Å²) in [4.78, 5) is 28.3. The number of nitrogens with zero attached hydrogens (tertiary/aromatic N) is 1. The van der Waals surface area contributed by atoms with Crippen LogP contribution in [0, 0.1) is 0 Å². The number of methoxy groups -OCH3 is 1. The third-order valence-corrected chi connectivity index (χ3v) is 3.66. The van der Waals surface area contributed by atoms with Crippen LogP contribution in [-0.2, 0) is 9.47 Å². The Balaban J connectivity index is 2.02. The molecule has 0 amide bonds. The van der Waals surface area contributed by atoms with Crippen molar-refractivity contribution < 1.29 is 28.2 Å². The number of benzene rings is 2. The van der Waals surface area contributed by atoms with Crippen molar-refractivity contribution >= 4 is 11.9 Å². The molecule has 0 fully saturated rings. The maximum Gasteiger partial charge on any atom is 0.360 e. The van der Waals surface area contributed by atoms with Crippen molar-refractivity contribution in [1.29, 1.82) is 0 Å². The number of carbonyl (C=O) groups excluding carboxylic acids is 2. The minimum Gasteiger partial charge on any atom is -0.465 e. The largest absolute Gasteiger partial charge is 0.465 e. The predicted molar refractivity (Wildman–Crippen MR) is 95.8 cm³/mol. The van der Waals surface area contributed by atoms with E-state index in [-0.39, 0.29) is 23.6 Å². The molecule has 0 aliphatic rings. The number of rotatable bonds is 6. The minimum atomic E-state index is -0.637. The average molecular weight is 367 g/mol. The summed E-state index contributed by atoms with van der Waals surface area (Å²) in [6, 6.07) is 13.9. The fourth-order valence-corrected chi connectivity index (χ4v) is 2.47. The van der Waals surface area contributed by atoms with E-state index in [0.717, 1.165) is 6.39 Å². The van der Waals surface area contributed by atoms with Gasteiger partial charge in [0.15, 0.2) is 17.8 Å². The summed E-state index contributed by atoms with van der Waals surface area (Å²) < 4.78 is 20.9. The highest BCUT2D eigenvalue weighted by molar-refractivity contribution is 6.01. The molecular formula is C20H17NO6. The van der Waals surface area contributed by atoms with E-state index in [0.29, 0.717) is 17.1 Å². The minimum absolute atomic E-state index is 0.0151. The average Bonchev–Trinajstić information content (AvgIpc) is 3.18. The molecule has 0 aliphatic heterocycles. The van der Waals surface area contributed by atoms with E-state index >= 15 is 0 Å². The normalized spacial score (nSPS) is 10.3. The molecule has 0 saturated heterocycles. The van der Waals surface area contributed by atoms with Crippen LogP contribution in [0.25, 0.3) is 11.3 Å². The number of esters is 2. The van der Waals surface area contributed by atoms with E-state index in [1.165, 1.54) is 13.2 Å². The van der Waals surface area contributed by atoms with Crippen LogP contribution in [0.4, 0.5) is 0 Å². The van der Waals surface area contributed by atoms with Gasteiger partial charge in [0.1, 0.15) is 11.5 Å². The van der Waals surface area contributed by atoms with Gasteiger partial charge in [0.05, 0.1) is 19.3 Å². The van der Waals surface area contributed by atoms with Gasteiger partial charge in [-0.05, 0) is 37.3 Å². The summed E-state index contributed by atoms with van der Waals surface area (Å²) in [6.45, 7) is 1.88. The van der Waals surface area contributed by atoms with Gasteiger partial charge in [0, 0.05) is 5.56 Å². The second kappa shape index (κ2) is 8.18. The Kier molecular flexibility index (Phi) is 5.51. The third kappa shape index (κ3) is 3.98. The second-order valence-corrected chi connectivity index (χ2v) is 5.36. The van der Waals surface area contributed by atoms with E-state index in [4.69, 9.17) is 18.6 Å². The lowest BCUT2D eigenvalue weighted by molar-refractivity contribution is 0.0519. The standard InChI is InChI=1S/C20H17NO6/c1-3-25-20(23)17-18(26-12-21-17)15-10-9-14(11-16(15)19(22)24-2)27-13-7-5-4-6-8-13/h4-12H,3H2,1-2H3. The summed E-state index contributed by atoms with van der Waals surface area (Å²) >= 11 is 0. The van der Waals surface area contributed by atoms with E-state index in [9.17, 15) is 9.59 Å². The van der Waals surface area contributed by atoms with Crippen LogP contribution in [-0.4, -0.2) is 30.6 Å². The summed E-state index contributed by atoms with van der Waals surface area (Å²) in [5.74, 6) is -0.0630. The van der Waals surface area contributed by atoms with E-state index in [2.05, 4.69) is 4.98 Å². The van der Waals surface area contributed by atoms with Crippen LogP contribution in [0.5, 0.6) is 11.5 Å².